The monoisotopic (exact) mass is 205 g/mol. The normalized spacial score (nSPS) is 11.0. The molecule has 0 aliphatic carbocycles. The van der Waals surface area contributed by atoms with E-state index in [4.69, 9.17) is 9.47 Å². The van der Waals surface area contributed by atoms with Crippen LogP contribution in [0.4, 0.5) is 0 Å². The third-order valence-electron chi connectivity index (χ3n) is 2.11. The highest BCUT2D eigenvalue weighted by Gasteiger charge is 2.07. The van der Waals surface area contributed by atoms with Crippen molar-refractivity contribution in [2.24, 2.45) is 4.99 Å². The Balaban J connectivity index is 3.24. The van der Waals surface area contributed by atoms with Gasteiger partial charge in [-0.2, -0.15) is 0 Å². The average molecular weight is 205 g/mol. The van der Waals surface area contributed by atoms with Gasteiger partial charge in [0.05, 0.1) is 14.2 Å². The van der Waals surface area contributed by atoms with Crippen LogP contribution in [0.3, 0.4) is 0 Å². The molecule has 15 heavy (non-hydrogen) atoms. The Hall–Kier alpha value is -1.77. The minimum absolute atomic E-state index is 0.590. The van der Waals surface area contributed by atoms with E-state index in [9.17, 15) is 0 Å². The molecule has 0 heterocycles. The van der Waals surface area contributed by atoms with E-state index >= 15 is 0 Å². The van der Waals surface area contributed by atoms with Gasteiger partial charge < -0.3 is 9.47 Å². The van der Waals surface area contributed by atoms with Gasteiger partial charge in [0, 0.05) is 12.6 Å². The highest BCUT2D eigenvalue weighted by molar-refractivity contribution is 5.97. The second kappa shape index (κ2) is 5.20. The molecule has 0 aliphatic heterocycles. The van der Waals surface area contributed by atoms with Crippen LogP contribution in [-0.4, -0.2) is 27.2 Å². The molecule has 0 amide bonds. The fourth-order valence-corrected chi connectivity index (χ4v) is 1.35. The Labute approximate surface area is 90.1 Å². The predicted molar refractivity (Wildman–Crippen MR) is 62.6 cm³/mol. The summed E-state index contributed by atoms with van der Waals surface area (Å²) >= 11 is 0. The molecular formula is C12H15NO2. The maximum absolute atomic E-state index is 5.16. The van der Waals surface area contributed by atoms with Crippen molar-refractivity contribution < 1.29 is 9.47 Å². The smallest absolute Gasteiger partial charge is 0.216 e. The summed E-state index contributed by atoms with van der Waals surface area (Å²) in [5, 5.41) is 0. The minimum atomic E-state index is 0.590. The number of rotatable bonds is 3. The number of nitrogens with zero attached hydrogens (tertiary/aromatic N) is 1. The van der Waals surface area contributed by atoms with Crippen molar-refractivity contribution in [3.05, 3.63) is 35.9 Å². The molecule has 0 N–H and O–H groups in total. The molecule has 0 aliphatic rings. The van der Waals surface area contributed by atoms with Crippen molar-refractivity contribution in [3.8, 4) is 5.75 Å². The molecule has 0 unspecified atom stereocenters. The Morgan fingerprint density at radius 1 is 1.40 bits per heavy atom. The third-order valence-corrected chi connectivity index (χ3v) is 2.11. The summed E-state index contributed by atoms with van der Waals surface area (Å²) in [6, 6.07) is 5.67. The predicted octanol–water partition coefficient (Wildman–Crippen LogP) is 2.36. The zero-order chi connectivity index (χ0) is 11.3. The molecule has 1 aromatic rings. The SMILES string of the molecule is C=Cc1cc(OC)ccc1C(=NC)OC. The van der Waals surface area contributed by atoms with Crippen molar-refractivity contribution in [2.75, 3.05) is 21.3 Å². The first-order valence-corrected chi connectivity index (χ1v) is 4.58. The maximum Gasteiger partial charge on any atom is 0.216 e. The van der Waals surface area contributed by atoms with Crippen molar-refractivity contribution in [1.29, 1.82) is 0 Å². The quantitative estimate of drug-likeness (QED) is 0.560. The van der Waals surface area contributed by atoms with Crippen LogP contribution in [0.25, 0.3) is 6.08 Å². The van der Waals surface area contributed by atoms with Crippen LogP contribution in [0.5, 0.6) is 5.75 Å². The van der Waals surface area contributed by atoms with Crippen LogP contribution >= 0.6 is 0 Å². The minimum Gasteiger partial charge on any atom is -0.497 e. The van der Waals surface area contributed by atoms with Gasteiger partial charge in [0.25, 0.3) is 0 Å². The number of aliphatic imine (C=N–C) groups is 1. The molecule has 0 saturated carbocycles. The highest BCUT2D eigenvalue weighted by Crippen LogP contribution is 2.19. The molecule has 0 radical (unpaired) electrons. The first-order chi connectivity index (χ1) is 7.26. The summed E-state index contributed by atoms with van der Waals surface area (Å²) in [6.07, 6.45) is 1.75. The van der Waals surface area contributed by atoms with E-state index in [-0.39, 0.29) is 0 Å². The van der Waals surface area contributed by atoms with E-state index in [1.807, 2.05) is 18.2 Å². The first-order valence-electron chi connectivity index (χ1n) is 4.58. The molecule has 0 saturated heterocycles. The Morgan fingerprint density at radius 3 is 2.60 bits per heavy atom. The zero-order valence-corrected chi connectivity index (χ0v) is 9.28. The van der Waals surface area contributed by atoms with Crippen LogP contribution in [0, 0.1) is 0 Å². The fourth-order valence-electron chi connectivity index (χ4n) is 1.35. The summed E-state index contributed by atoms with van der Waals surface area (Å²) in [5.74, 6) is 1.38. The van der Waals surface area contributed by atoms with Crippen molar-refractivity contribution >= 4 is 12.0 Å². The molecule has 1 rings (SSSR count). The lowest BCUT2D eigenvalue weighted by Crippen LogP contribution is -2.05. The average Bonchev–Trinajstić information content (AvgIpc) is 2.31. The summed E-state index contributed by atoms with van der Waals surface area (Å²) < 4.78 is 10.3. The highest BCUT2D eigenvalue weighted by atomic mass is 16.5. The van der Waals surface area contributed by atoms with Crippen LogP contribution < -0.4 is 4.74 Å². The van der Waals surface area contributed by atoms with E-state index in [1.54, 1.807) is 27.3 Å². The van der Waals surface area contributed by atoms with Crippen LogP contribution in [0.15, 0.2) is 29.8 Å². The van der Waals surface area contributed by atoms with E-state index in [0.29, 0.717) is 5.90 Å². The lowest BCUT2D eigenvalue weighted by Gasteiger charge is -2.09. The summed E-state index contributed by atoms with van der Waals surface area (Å²) in [7, 11) is 4.92. The molecule has 0 fully saturated rings. The van der Waals surface area contributed by atoms with E-state index < -0.39 is 0 Å². The third kappa shape index (κ3) is 2.37. The van der Waals surface area contributed by atoms with Crippen molar-refractivity contribution in [2.45, 2.75) is 0 Å². The van der Waals surface area contributed by atoms with Gasteiger partial charge in [0.1, 0.15) is 5.75 Å². The van der Waals surface area contributed by atoms with Crippen LogP contribution in [0.2, 0.25) is 0 Å². The molecule has 0 aromatic heterocycles. The van der Waals surface area contributed by atoms with E-state index in [2.05, 4.69) is 11.6 Å². The standard InChI is InChI=1S/C12H15NO2/c1-5-9-8-10(14-3)6-7-11(9)12(13-2)15-4/h5-8H,1H2,2-4H3. The van der Waals surface area contributed by atoms with Gasteiger partial charge in [-0.25, -0.2) is 0 Å². The Morgan fingerprint density at radius 2 is 2.13 bits per heavy atom. The van der Waals surface area contributed by atoms with Gasteiger partial charge in [0.2, 0.25) is 5.90 Å². The lowest BCUT2D eigenvalue weighted by atomic mass is 10.1. The van der Waals surface area contributed by atoms with Gasteiger partial charge in [-0.1, -0.05) is 12.7 Å². The van der Waals surface area contributed by atoms with Gasteiger partial charge in [-0.3, -0.25) is 4.99 Å². The molecule has 1 aromatic carbocycles. The van der Waals surface area contributed by atoms with Crippen LogP contribution in [-0.2, 0) is 4.74 Å². The molecule has 0 bridgehead atoms. The largest absolute Gasteiger partial charge is 0.497 e. The Kier molecular flexibility index (Phi) is 3.92. The van der Waals surface area contributed by atoms with Crippen LogP contribution in [0.1, 0.15) is 11.1 Å². The van der Waals surface area contributed by atoms with Gasteiger partial charge in [-0.15, -0.1) is 0 Å². The summed E-state index contributed by atoms with van der Waals surface area (Å²) in [6.45, 7) is 3.75. The first kappa shape index (κ1) is 11.3. The van der Waals surface area contributed by atoms with E-state index in [0.717, 1.165) is 16.9 Å². The summed E-state index contributed by atoms with van der Waals surface area (Å²) in [4.78, 5) is 4.05. The van der Waals surface area contributed by atoms with Gasteiger partial charge in [0.15, 0.2) is 0 Å². The zero-order valence-electron chi connectivity index (χ0n) is 9.28. The van der Waals surface area contributed by atoms with Gasteiger partial charge in [-0.05, 0) is 23.8 Å². The number of hydrogen-bond donors (Lipinski definition) is 0. The lowest BCUT2D eigenvalue weighted by molar-refractivity contribution is 0.403. The topological polar surface area (TPSA) is 30.8 Å². The molecule has 3 heteroatoms. The number of methoxy groups -OCH3 is 2. The molecule has 80 valence electrons. The second-order valence-corrected chi connectivity index (χ2v) is 2.89. The number of benzene rings is 1. The summed E-state index contributed by atoms with van der Waals surface area (Å²) in [5.41, 5.74) is 1.85. The molecular weight excluding hydrogens is 190 g/mol. The fraction of sp³-hybridized carbons (Fsp3) is 0.250. The van der Waals surface area contributed by atoms with Crippen molar-refractivity contribution in [1.82, 2.24) is 0 Å². The van der Waals surface area contributed by atoms with Crippen molar-refractivity contribution in [3.63, 3.8) is 0 Å². The molecule has 0 spiro atoms. The molecule has 3 nitrogen and oxygen atoms in total. The Bertz CT molecular complexity index is 383. The maximum atomic E-state index is 5.16. The number of ether oxygens (including phenoxy) is 2. The van der Waals surface area contributed by atoms with Gasteiger partial charge >= 0.3 is 0 Å². The van der Waals surface area contributed by atoms with E-state index in [1.165, 1.54) is 0 Å². The molecule has 0 atom stereocenters. The number of hydrogen-bond acceptors (Lipinski definition) is 3. The second-order valence-electron chi connectivity index (χ2n) is 2.89.